The van der Waals surface area contributed by atoms with Crippen LogP contribution in [0.15, 0.2) is 30.9 Å². The highest BCUT2D eigenvalue weighted by Crippen LogP contribution is 2.19. The molecule has 0 bridgehead atoms. The summed E-state index contributed by atoms with van der Waals surface area (Å²) in [4.78, 5) is 18.7. The molecule has 0 radical (unpaired) electrons. The highest BCUT2D eigenvalue weighted by molar-refractivity contribution is 5.96. The molecule has 6 nitrogen and oxygen atoms in total. The van der Waals surface area contributed by atoms with Crippen LogP contribution in [-0.2, 0) is 0 Å². The van der Waals surface area contributed by atoms with Crippen LogP contribution < -0.4 is 5.32 Å². The summed E-state index contributed by atoms with van der Waals surface area (Å²) in [5.41, 5.74) is 2.62. The first kappa shape index (κ1) is 17.4. The standard InChI is InChI=1S/C16H21N5O.ClH/c1-11-8-14(21-10-17-9-19-21)4-5-15(11)16(22)20-7-6-18-12(2)13(20)3;/h4-5,8-10,12-13,18H,6-7H2,1-3H3;1H. The number of carbonyl (C=O) groups is 1. The van der Waals surface area contributed by atoms with E-state index in [1.165, 1.54) is 6.33 Å². The first-order chi connectivity index (χ1) is 10.6. The Morgan fingerprint density at radius 2 is 2.13 bits per heavy atom. The van der Waals surface area contributed by atoms with Crippen LogP contribution in [0.5, 0.6) is 0 Å². The Balaban J connectivity index is 0.00000192. The van der Waals surface area contributed by atoms with Crippen molar-refractivity contribution in [1.82, 2.24) is 25.0 Å². The number of halogens is 1. The van der Waals surface area contributed by atoms with Crippen molar-refractivity contribution < 1.29 is 4.79 Å². The van der Waals surface area contributed by atoms with Crippen LogP contribution in [0.3, 0.4) is 0 Å². The van der Waals surface area contributed by atoms with Crippen molar-refractivity contribution in [3.63, 3.8) is 0 Å². The van der Waals surface area contributed by atoms with Gasteiger partial charge in [-0.2, -0.15) is 5.10 Å². The van der Waals surface area contributed by atoms with E-state index in [4.69, 9.17) is 0 Å². The third-order valence-corrected chi connectivity index (χ3v) is 4.42. The van der Waals surface area contributed by atoms with Crippen molar-refractivity contribution in [2.24, 2.45) is 0 Å². The van der Waals surface area contributed by atoms with Crippen molar-refractivity contribution in [1.29, 1.82) is 0 Å². The molecule has 2 heterocycles. The molecule has 1 fully saturated rings. The molecule has 2 unspecified atom stereocenters. The largest absolute Gasteiger partial charge is 0.333 e. The van der Waals surface area contributed by atoms with Gasteiger partial charge in [0.05, 0.1) is 5.69 Å². The Kier molecular flexibility index (Phi) is 5.38. The lowest BCUT2D eigenvalue weighted by molar-refractivity contribution is 0.0602. The second-order valence-electron chi connectivity index (χ2n) is 5.82. The average Bonchev–Trinajstić information content (AvgIpc) is 3.03. The molecular formula is C16H22ClN5O. The summed E-state index contributed by atoms with van der Waals surface area (Å²) in [5, 5.41) is 7.51. The molecule has 0 aliphatic carbocycles. The molecular weight excluding hydrogens is 314 g/mol. The van der Waals surface area contributed by atoms with E-state index < -0.39 is 0 Å². The predicted octanol–water partition coefficient (Wildman–Crippen LogP) is 1.82. The summed E-state index contributed by atoms with van der Waals surface area (Å²) in [5.74, 6) is 0.100. The summed E-state index contributed by atoms with van der Waals surface area (Å²) in [6, 6.07) is 6.26. The monoisotopic (exact) mass is 335 g/mol. The topological polar surface area (TPSA) is 63.1 Å². The molecule has 0 saturated carbocycles. The molecule has 1 N–H and O–H groups in total. The summed E-state index contributed by atoms with van der Waals surface area (Å²) < 4.78 is 1.69. The molecule has 1 aliphatic heterocycles. The first-order valence-corrected chi connectivity index (χ1v) is 7.58. The molecule has 1 aliphatic rings. The second kappa shape index (κ2) is 7.10. The van der Waals surface area contributed by atoms with Gasteiger partial charge >= 0.3 is 0 Å². The van der Waals surface area contributed by atoms with E-state index in [0.29, 0.717) is 6.04 Å². The van der Waals surface area contributed by atoms with E-state index in [9.17, 15) is 4.79 Å². The molecule has 1 aromatic carbocycles. The van der Waals surface area contributed by atoms with Crippen LogP contribution in [-0.4, -0.2) is 50.7 Å². The molecule has 1 saturated heterocycles. The fourth-order valence-corrected chi connectivity index (χ4v) is 2.87. The molecule has 3 rings (SSSR count). The van der Waals surface area contributed by atoms with E-state index in [-0.39, 0.29) is 24.4 Å². The summed E-state index contributed by atoms with van der Waals surface area (Å²) in [6.45, 7) is 7.75. The number of aryl methyl sites for hydroxylation is 1. The summed E-state index contributed by atoms with van der Waals surface area (Å²) in [6.07, 6.45) is 3.15. The minimum atomic E-state index is 0. The maximum atomic E-state index is 12.8. The molecule has 23 heavy (non-hydrogen) atoms. The van der Waals surface area contributed by atoms with E-state index in [0.717, 1.165) is 29.9 Å². The highest BCUT2D eigenvalue weighted by atomic mass is 35.5. The molecule has 2 atom stereocenters. The maximum Gasteiger partial charge on any atom is 0.254 e. The predicted molar refractivity (Wildman–Crippen MR) is 91.3 cm³/mol. The van der Waals surface area contributed by atoms with Crippen LogP contribution in [0, 0.1) is 6.92 Å². The molecule has 2 aromatic rings. The fourth-order valence-electron chi connectivity index (χ4n) is 2.87. The Labute approximate surface area is 142 Å². The molecule has 7 heteroatoms. The zero-order chi connectivity index (χ0) is 15.7. The molecule has 1 amide bonds. The van der Waals surface area contributed by atoms with Crippen LogP contribution in [0.4, 0.5) is 0 Å². The van der Waals surface area contributed by atoms with Gasteiger partial charge in [0.15, 0.2) is 0 Å². The minimum Gasteiger partial charge on any atom is -0.333 e. The first-order valence-electron chi connectivity index (χ1n) is 7.58. The number of amides is 1. The number of hydrogen-bond acceptors (Lipinski definition) is 4. The van der Waals surface area contributed by atoms with E-state index >= 15 is 0 Å². The van der Waals surface area contributed by atoms with E-state index in [2.05, 4.69) is 29.2 Å². The van der Waals surface area contributed by atoms with Crippen molar-refractivity contribution in [3.05, 3.63) is 42.0 Å². The van der Waals surface area contributed by atoms with Gasteiger partial charge in [-0.15, -0.1) is 12.4 Å². The lowest BCUT2D eigenvalue weighted by Crippen LogP contribution is -2.57. The number of nitrogens with one attached hydrogen (secondary N) is 1. The summed E-state index contributed by atoms with van der Waals surface area (Å²) in [7, 11) is 0. The number of hydrogen-bond donors (Lipinski definition) is 1. The van der Waals surface area contributed by atoms with Gasteiger partial charge in [-0.05, 0) is 44.5 Å². The van der Waals surface area contributed by atoms with E-state index in [1.54, 1.807) is 11.0 Å². The lowest BCUT2D eigenvalue weighted by atomic mass is 10.0. The van der Waals surface area contributed by atoms with Crippen LogP contribution in [0.25, 0.3) is 5.69 Å². The SMILES string of the molecule is Cc1cc(-n2cncn2)ccc1C(=O)N1CCNC(C)C1C.Cl. The van der Waals surface area contributed by atoms with Gasteiger partial charge in [-0.25, -0.2) is 9.67 Å². The van der Waals surface area contributed by atoms with Gasteiger partial charge in [0, 0.05) is 30.7 Å². The van der Waals surface area contributed by atoms with Crippen molar-refractivity contribution >= 4 is 18.3 Å². The molecule has 0 spiro atoms. The van der Waals surface area contributed by atoms with Crippen molar-refractivity contribution in [3.8, 4) is 5.69 Å². The number of carbonyl (C=O) groups excluding carboxylic acids is 1. The zero-order valence-corrected chi connectivity index (χ0v) is 14.4. The van der Waals surface area contributed by atoms with Crippen molar-refractivity contribution in [2.75, 3.05) is 13.1 Å². The highest BCUT2D eigenvalue weighted by Gasteiger charge is 2.29. The molecule has 1 aromatic heterocycles. The number of rotatable bonds is 2. The average molecular weight is 336 g/mol. The maximum absolute atomic E-state index is 12.8. The summed E-state index contributed by atoms with van der Waals surface area (Å²) >= 11 is 0. The van der Waals surface area contributed by atoms with Gasteiger partial charge in [-0.3, -0.25) is 4.79 Å². The van der Waals surface area contributed by atoms with Crippen LogP contribution in [0.1, 0.15) is 29.8 Å². The van der Waals surface area contributed by atoms with Crippen molar-refractivity contribution in [2.45, 2.75) is 32.9 Å². The van der Waals surface area contributed by atoms with Gasteiger partial charge in [-0.1, -0.05) is 0 Å². The Hall–Kier alpha value is -1.92. The third-order valence-electron chi connectivity index (χ3n) is 4.42. The van der Waals surface area contributed by atoms with E-state index in [1.807, 2.05) is 30.0 Å². The Bertz CT molecular complexity index is 673. The van der Waals surface area contributed by atoms with Gasteiger partial charge in [0.1, 0.15) is 12.7 Å². The van der Waals surface area contributed by atoms with Gasteiger partial charge in [0.2, 0.25) is 0 Å². The minimum absolute atomic E-state index is 0. The third kappa shape index (κ3) is 3.38. The smallest absolute Gasteiger partial charge is 0.254 e. The quantitative estimate of drug-likeness (QED) is 0.909. The number of aromatic nitrogens is 3. The van der Waals surface area contributed by atoms with Crippen LogP contribution >= 0.6 is 12.4 Å². The zero-order valence-electron chi connectivity index (χ0n) is 13.6. The number of piperazine rings is 1. The number of benzene rings is 1. The normalized spacial score (nSPS) is 20.9. The Morgan fingerprint density at radius 1 is 1.35 bits per heavy atom. The van der Waals surface area contributed by atoms with Crippen LogP contribution in [0.2, 0.25) is 0 Å². The fraction of sp³-hybridized carbons (Fsp3) is 0.438. The number of nitrogens with zero attached hydrogens (tertiary/aromatic N) is 4. The Morgan fingerprint density at radius 3 is 2.78 bits per heavy atom. The van der Waals surface area contributed by atoms with Gasteiger partial charge < -0.3 is 10.2 Å². The molecule has 124 valence electrons. The van der Waals surface area contributed by atoms with Gasteiger partial charge in [0.25, 0.3) is 5.91 Å². The lowest BCUT2D eigenvalue weighted by Gasteiger charge is -2.38. The second-order valence-corrected chi connectivity index (χ2v) is 5.82.